The number of hydrogen-bond donors (Lipinski definition) is 3. The number of aliphatic hydroxyl groups excluding tert-OH is 1. The van der Waals surface area contributed by atoms with Crippen LogP contribution in [0.5, 0.6) is 0 Å². The second-order valence-corrected chi connectivity index (χ2v) is 5.07. The number of nitrogens with zero attached hydrogens (tertiary/aromatic N) is 2. The van der Waals surface area contributed by atoms with Crippen molar-refractivity contribution in [2.45, 2.75) is 6.04 Å². The van der Waals surface area contributed by atoms with Crippen molar-refractivity contribution in [2.75, 3.05) is 11.9 Å². The van der Waals surface area contributed by atoms with Gasteiger partial charge in [0.15, 0.2) is 0 Å². The summed E-state index contributed by atoms with van der Waals surface area (Å²) in [6.45, 7) is -0.195. The Morgan fingerprint density at radius 1 is 1.17 bits per heavy atom. The molecule has 0 aliphatic heterocycles. The molecule has 0 radical (unpaired) electrons. The molecule has 0 saturated heterocycles. The summed E-state index contributed by atoms with van der Waals surface area (Å²) in [5.41, 5.74) is 2.11. The average Bonchev–Trinajstić information content (AvgIpc) is 3.15. The minimum Gasteiger partial charge on any atom is -0.423 e. The fraction of sp³-hybridized carbons (Fsp3) is 0.118. The normalized spacial score (nSPS) is 11.7. The number of nitrogens with one attached hydrogen (secondary N) is 2. The van der Waals surface area contributed by atoms with Crippen molar-refractivity contribution in [1.29, 1.82) is 0 Å². The van der Waals surface area contributed by atoms with E-state index in [0.29, 0.717) is 17.1 Å². The van der Waals surface area contributed by atoms with Crippen molar-refractivity contribution in [3.8, 4) is 11.5 Å². The molecule has 0 bridgehead atoms. The highest BCUT2D eigenvalue weighted by molar-refractivity contribution is 5.90. The number of anilines is 1. The highest BCUT2D eigenvalue weighted by Gasteiger charge is 2.13. The van der Waals surface area contributed by atoms with Crippen LogP contribution in [0, 0.1) is 0 Å². The molecule has 0 aliphatic carbocycles. The minimum atomic E-state index is -0.481. The van der Waals surface area contributed by atoms with Crippen molar-refractivity contribution >= 4 is 11.7 Å². The molecule has 3 aromatic rings. The van der Waals surface area contributed by atoms with E-state index in [1.807, 2.05) is 30.3 Å². The van der Waals surface area contributed by atoms with Crippen LogP contribution in [-0.4, -0.2) is 27.9 Å². The van der Waals surface area contributed by atoms with E-state index < -0.39 is 12.1 Å². The summed E-state index contributed by atoms with van der Waals surface area (Å²) >= 11 is 0. The molecule has 1 aromatic heterocycles. The van der Waals surface area contributed by atoms with Crippen LogP contribution in [0.1, 0.15) is 11.6 Å². The van der Waals surface area contributed by atoms with Gasteiger partial charge in [0.05, 0.1) is 12.6 Å². The molecular weight excluding hydrogens is 308 g/mol. The molecule has 2 amide bonds. The lowest BCUT2D eigenvalue weighted by molar-refractivity contribution is 0.225. The van der Waals surface area contributed by atoms with Crippen LogP contribution in [0.4, 0.5) is 10.5 Å². The van der Waals surface area contributed by atoms with Gasteiger partial charge in [0.25, 0.3) is 0 Å². The molecule has 3 rings (SSSR count). The van der Waals surface area contributed by atoms with E-state index in [0.717, 1.165) is 5.56 Å². The zero-order valence-corrected chi connectivity index (χ0v) is 12.7. The number of hydrogen-bond acceptors (Lipinski definition) is 5. The number of carbonyl (C=O) groups is 1. The van der Waals surface area contributed by atoms with E-state index in [4.69, 9.17) is 4.42 Å². The maximum absolute atomic E-state index is 12.2. The number of amides is 2. The monoisotopic (exact) mass is 324 g/mol. The summed E-state index contributed by atoms with van der Waals surface area (Å²) in [7, 11) is 0. The van der Waals surface area contributed by atoms with Gasteiger partial charge in [-0.2, -0.15) is 0 Å². The molecule has 7 heteroatoms. The fourth-order valence-electron chi connectivity index (χ4n) is 2.27. The van der Waals surface area contributed by atoms with Gasteiger partial charge < -0.3 is 20.2 Å². The Hall–Kier alpha value is -3.19. The lowest BCUT2D eigenvalue weighted by atomic mass is 10.1. The topological polar surface area (TPSA) is 100 Å². The van der Waals surface area contributed by atoms with Gasteiger partial charge in [0, 0.05) is 11.3 Å². The molecule has 0 fully saturated rings. The summed E-state index contributed by atoms with van der Waals surface area (Å²) in [6.07, 6.45) is 1.24. The molecule has 3 N–H and O–H groups in total. The molecule has 1 atom stereocenters. The number of carbonyl (C=O) groups excluding carboxylic acids is 1. The Labute approximate surface area is 138 Å². The van der Waals surface area contributed by atoms with Gasteiger partial charge >= 0.3 is 6.03 Å². The van der Waals surface area contributed by atoms with Crippen LogP contribution in [0.25, 0.3) is 11.5 Å². The molecule has 1 unspecified atom stereocenters. The van der Waals surface area contributed by atoms with Crippen LogP contribution in [0.3, 0.4) is 0 Å². The predicted molar refractivity (Wildman–Crippen MR) is 88.2 cm³/mol. The number of urea groups is 1. The minimum absolute atomic E-state index is 0.195. The maximum Gasteiger partial charge on any atom is 0.319 e. The average molecular weight is 324 g/mol. The molecule has 24 heavy (non-hydrogen) atoms. The Morgan fingerprint density at radius 3 is 2.71 bits per heavy atom. The number of aliphatic hydroxyl groups is 1. The van der Waals surface area contributed by atoms with Crippen molar-refractivity contribution in [1.82, 2.24) is 15.5 Å². The number of aromatic nitrogens is 2. The quantitative estimate of drug-likeness (QED) is 0.670. The van der Waals surface area contributed by atoms with E-state index in [1.54, 1.807) is 24.3 Å². The SMILES string of the molecule is O=C(Nc1cccc(-c2nnco2)c1)NC(CO)c1ccccc1. The lowest BCUT2D eigenvalue weighted by Crippen LogP contribution is -2.34. The van der Waals surface area contributed by atoms with E-state index in [1.165, 1.54) is 6.39 Å². The second kappa shape index (κ2) is 7.38. The molecule has 2 aromatic carbocycles. The first-order valence-electron chi connectivity index (χ1n) is 7.36. The van der Waals surface area contributed by atoms with Crippen LogP contribution >= 0.6 is 0 Å². The Balaban J connectivity index is 1.67. The largest absolute Gasteiger partial charge is 0.423 e. The van der Waals surface area contributed by atoms with Crippen molar-refractivity contribution < 1.29 is 14.3 Å². The van der Waals surface area contributed by atoms with Crippen LogP contribution in [0.2, 0.25) is 0 Å². The van der Waals surface area contributed by atoms with Gasteiger partial charge in [-0.15, -0.1) is 10.2 Å². The van der Waals surface area contributed by atoms with Gasteiger partial charge in [-0.25, -0.2) is 4.79 Å². The summed E-state index contributed by atoms with van der Waals surface area (Å²) in [5.74, 6) is 0.372. The number of benzene rings is 2. The smallest absolute Gasteiger partial charge is 0.319 e. The first-order chi connectivity index (χ1) is 11.8. The third kappa shape index (κ3) is 3.76. The standard InChI is InChI=1S/C17H16N4O3/c22-10-15(12-5-2-1-3-6-12)20-17(23)19-14-8-4-7-13(9-14)16-21-18-11-24-16/h1-9,11,15,22H,10H2,(H2,19,20,23). The summed E-state index contributed by atoms with van der Waals surface area (Å²) in [4.78, 5) is 12.2. The number of rotatable bonds is 5. The van der Waals surface area contributed by atoms with Gasteiger partial charge in [0.1, 0.15) is 0 Å². The third-order valence-corrected chi connectivity index (χ3v) is 3.42. The molecule has 122 valence electrons. The zero-order chi connectivity index (χ0) is 16.8. The molecule has 0 spiro atoms. The van der Waals surface area contributed by atoms with E-state index in [9.17, 15) is 9.90 Å². The van der Waals surface area contributed by atoms with Crippen molar-refractivity contribution in [3.63, 3.8) is 0 Å². The van der Waals surface area contributed by atoms with Gasteiger partial charge in [-0.05, 0) is 23.8 Å². The van der Waals surface area contributed by atoms with E-state index >= 15 is 0 Å². The lowest BCUT2D eigenvalue weighted by Gasteiger charge is -2.17. The molecule has 1 heterocycles. The highest BCUT2D eigenvalue weighted by Crippen LogP contribution is 2.20. The van der Waals surface area contributed by atoms with Crippen LogP contribution < -0.4 is 10.6 Å². The fourth-order valence-corrected chi connectivity index (χ4v) is 2.27. The maximum atomic E-state index is 12.2. The molecule has 0 aliphatic rings. The first-order valence-corrected chi connectivity index (χ1v) is 7.36. The Kier molecular flexibility index (Phi) is 4.83. The Bertz CT molecular complexity index is 791. The van der Waals surface area contributed by atoms with E-state index in [-0.39, 0.29) is 6.61 Å². The zero-order valence-electron chi connectivity index (χ0n) is 12.7. The predicted octanol–water partition coefficient (Wildman–Crippen LogP) is 2.59. The Morgan fingerprint density at radius 2 is 2.00 bits per heavy atom. The summed E-state index contributed by atoms with van der Waals surface area (Å²) < 4.78 is 5.14. The van der Waals surface area contributed by atoms with Crippen LogP contribution in [-0.2, 0) is 0 Å². The van der Waals surface area contributed by atoms with Gasteiger partial charge in [-0.3, -0.25) is 0 Å². The molecule has 7 nitrogen and oxygen atoms in total. The van der Waals surface area contributed by atoms with Crippen molar-refractivity contribution in [3.05, 3.63) is 66.6 Å². The second-order valence-electron chi connectivity index (χ2n) is 5.07. The van der Waals surface area contributed by atoms with Crippen LogP contribution in [0.15, 0.2) is 65.4 Å². The first kappa shape index (κ1) is 15.7. The summed E-state index contributed by atoms with van der Waals surface area (Å²) in [5, 5.41) is 22.4. The van der Waals surface area contributed by atoms with Crippen molar-refractivity contribution in [2.24, 2.45) is 0 Å². The summed E-state index contributed by atoms with van der Waals surface area (Å²) in [6, 6.07) is 15.4. The van der Waals surface area contributed by atoms with Gasteiger partial charge in [0.2, 0.25) is 12.3 Å². The molecular formula is C17H16N4O3. The molecule has 0 saturated carbocycles. The van der Waals surface area contributed by atoms with Gasteiger partial charge in [-0.1, -0.05) is 36.4 Å². The highest BCUT2D eigenvalue weighted by atomic mass is 16.4. The third-order valence-electron chi connectivity index (χ3n) is 3.42. The van der Waals surface area contributed by atoms with E-state index in [2.05, 4.69) is 20.8 Å².